The van der Waals surface area contributed by atoms with E-state index in [4.69, 9.17) is 0 Å². The number of hydrogen-bond donors (Lipinski definition) is 0. The Kier molecular flexibility index (Phi) is 4.11. The Hall–Kier alpha value is -1.23. The first kappa shape index (κ1) is 13.2. The second-order valence-corrected chi connectivity index (χ2v) is 5.65. The molecule has 0 spiro atoms. The van der Waals surface area contributed by atoms with Crippen molar-refractivity contribution in [2.75, 3.05) is 0 Å². The Balaban J connectivity index is 2.40. The van der Waals surface area contributed by atoms with Crippen LogP contribution < -0.4 is 0 Å². The van der Waals surface area contributed by atoms with Crippen molar-refractivity contribution in [2.24, 2.45) is 0 Å². The SMILES string of the molecule is CCCCn1nc(C(C)C)nc1-c1scnc1C. The van der Waals surface area contributed by atoms with Crippen LogP contribution in [0.1, 0.15) is 51.0 Å². The van der Waals surface area contributed by atoms with E-state index in [0.29, 0.717) is 5.92 Å². The van der Waals surface area contributed by atoms with E-state index in [9.17, 15) is 0 Å². The summed E-state index contributed by atoms with van der Waals surface area (Å²) in [5.41, 5.74) is 2.92. The number of thiazole rings is 1. The van der Waals surface area contributed by atoms with Crippen LogP contribution in [0.15, 0.2) is 5.51 Å². The molecule has 2 aromatic rings. The van der Waals surface area contributed by atoms with E-state index in [-0.39, 0.29) is 0 Å². The zero-order chi connectivity index (χ0) is 13.1. The van der Waals surface area contributed by atoms with Gasteiger partial charge in [0.15, 0.2) is 11.6 Å². The third-order valence-corrected chi connectivity index (χ3v) is 3.80. The van der Waals surface area contributed by atoms with Crippen LogP contribution >= 0.6 is 11.3 Å². The van der Waals surface area contributed by atoms with E-state index in [0.717, 1.165) is 41.6 Å². The molecule has 0 atom stereocenters. The molecule has 0 aliphatic heterocycles. The molecular formula is C13H20N4S. The minimum atomic E-state index is 0.361. The van der Waals surface area contributed by atoms with Crippen LogP contribution in [-0.4, -0.2) is 19.7 Å². The maximum absolute atomic E-state index is 4.69. The maximum Gasteiger partial charge on any atom is 0.170 e. The third-order valence-electron chi connectivity index (χ3n) is 2.88. The first-order valence-corrected chi connectivity index (χ1v) is 7.36. The number of nitrogens with zero attached hydrogens (tertiary/aromatic N) is 4. The highest BCUT2D eigenvalue weighted by Crippen LogP contribution is 2.27. The van der Waals surface area contributed by atoms with Gasteiger partial charge in [-0.25, -0.2) is 14.6 Å². The van der Waals surface area contributed by atoms with Crippen LogP contribution in [0.5, 0.6) is 0 Å². The molecule has 0 aromatic carbocycles. The lowest BCUT2D eigenvalue weighted by atomic mass is 10.2. The molecule has 0 aliphatic carbocycles. The third kappa shape index (κ3) is 2.61. The zero-order valence-corrected chi connectivity index (χ0v) is 12.3. The van der Waals surface area contributed by atoms with E-state index in [2.05, 4.69) is 35.8 Å². The number of aromatic nitrogens is 4. The van der Waals surface area contributed by atoms with Crippen LogP contribution in [0, 0.1) is 6.92 Å². The van der Waals surface area contributed by atoms with E-state index < -0.39 is 0 Å². The van der Waals surface area contributed by atoms with E-state index in [1.165, 1.54) is 0 Å². The summed E-state index contributed by atoms with van der Waals surface area (Å²) < 4.78 is 2.04. The molecule has 0 amide bonds. The quantitative estimate of drug-likeness (QED) is 0.828. The van der Waals surface area contributed by atoms with E-state index >= 15 is 0 Å². The minimum Gasteiger partial charge on any atom is -0.249 e. The molecular weight excluding hydrogens is 244 g/mol. The van der Waals surface area contributed by atoms with Gasteiger partial charge in [-0.2, -0.15) is 5.10 Å². The Morgan fingerprint density at radius 2 is 2.17 bits per heavy atom. The molecule has 5 heteroatoms. The van der Waals surface area contributed by atoms with Crippen LogP contribution in [0.2, 0.25) is 0 Å². The van der Waals surface area contributed by atoms with Gasteiger partial charge in [0, 0.05) is 12.5 Å². The molecule has 4 nitrogen and oxygen atoms in total. The van der Waals surface area contributed by atoms with E-state index in [1.54, 1.807) is 11.3 Å². The lowest BCUT2D eigenvalue weighted by molar-refractivity contribution is 0.566. The molecule has 0 radical (unpaired) electrons. The molecule has 98 valence electrons. The van der Waals surface area contributed by atoms with Gasteiger partial charge >= 0.3 is 0 Å². The van der Waals surface area contributed by atoms with Gasteiger partial charge in [0.2, 0.25) is 0 Å². The van der Waals surface area contributed by atoms with Crippen LogP contribution in [0.4, 0.5) is 0 Å². The topological polar surface area (TPSA) is 43.6 Å². The summed E-state index contributed by atoms with van der Waals surface area (Å²) >= 11 is 1.64. The molecule has 0 fully saturated rings. The van der Waals surface area contributed by atoms with Gasteiger partial charge < -0.3 is 0 Å². The fraction of sp³-hybridized carbons (Fsp3) is 0.615. The van der Waals surface area contributed by atoms with Crippen LogP contribution in [-0.2, 0) is 6.54 Å². The monoisotopic (exact) mass is 264 g/mol. The second kappa shape index (κ2) is 5.61. The Bertz CT molecular complexity index is 513. The van der Waals surface area contributed by atoms with E-state index in [1.807, 2.05) is 17.1 Å². The molecule has 18 heavy (non-hydrogen) atoms. The number of hydrogen-bond acceptors (Lipinski definition) is 4. The lowest BCUT2D eigenvalue weighted by Gasteiger charge is -2.03. The maximum atomic E-state index is 4.69. The van der Waals surface area contributed by atoms with Crippen molar-refractivity contribution in [1.82, 2.24) is 19.7 Å². The number of aryl methyl sites for hydroxylation is 2. The van der Waals surface area contributed by atoms with Crippen molar-refractivity contribution in [1.29, 1.82) is 0 Å². The summed E-state index contributed by atoms with van der Waals surface area (Å²) in [6.07, 6.45) is 2.30. The van der Waals surface area contributed by atoms with Crippen molar-refractivity contribution in [2.45, 2.75) is 53.0 Å². The summed E-state index contributed by atoms with van der Waals surface area (Å²) in [5, 5.41) is 4.63. The number of rotatable bonds is 5. The standard InChI is InChI=1S/C13H20N4S/c1-5-6-7-17-13(11-10(4)14-8-18-11)15-12(16-17)9(2)3/h8-9H,5-7H2,1-4H3. The highest BCUT2D eigenvalue weighted by Gasteiger charge is 2.16. The van der Waals surface area contributed by atoms with Gasteiger partial charge in [-0.1, -0.05) is 27.2 Å². The molecule has 0 saturated carbocycles. The molecule has 0 aliphatic rings. The number of unbranched alkanes of at least 4 members (excludes halogenated alkanes) is 1. The van der Waals surface area contributed by atoms with Gasteiger partial charge in [0.25, 0.3) is 0 Å². The largest absolute Gasteiger partial charge is 0.249 e. The smallest absolute Gasteiger partial charge is 0.170 e. The van der Waals surface area contributed by atoms with Crippen molar-refractivity contribution in [3.8, 4) is 10.7 Å². The fourth-order valence-electron chi connectivity index (χ4n) is 1.75. The lowest BCUT2D eigenvalue weighted by Crippen LogP contribution is -2.03. The highest BCUT2D eigenvalue weighted by atomic mass is 32.1. The Morgan fingerprint density at radius 3 is 2.72 bits per heavy atom. The minimum absolute atomic E-state index is 0.361. The second-order valence-electron chi connectivity index (χ2n) is 4.79. The average Bonchev–Trinajstić information content (AvgIpc) is 2.92. The van der Waals surface area contributed by atoms with Crippen molar-refractivity contribution < 1.29 is 0 Å². The molecule has 0 saturated heterocycles. The van der Waals surface area contributed by atoms with Gasteiger partial charge in [-0.15, -0.1) is 11.3 Å². The molecule has 2 aromatic heterocycles. The van der Waals surface area contributed by atoms with Gasteiger partial charge in [-0.05, 0) is 13.3 Å². The Labute approximate surface area is 112 Å². The van der Waals surface area contributed by atoms with Gasteiger partial charge in [-0.3, -0.25) is 0 Å². The molecule has 2 rings (SSSR count). The summed E-state index contributed by atoms with van der Waals surface area (Å²) in [4.78, 5) is 10.1. The fourth-order valence-corrected chi connectivity index (χ4v) is 2.55. The summed E-state index contributed by atoms with van der Waals surface area (Å²) in [7, 11) is 0. The molecule has 0 N–H and O–H groups in total. The first-order valence-electron chi connectivity index (χ1n) is 6.48. The van der Waals surface area contributed by atoms with Crippen LogP contribution in [0.25, 0.3) is 10.7 Å². The summed E-state index contributed by atoms with van der Waals surface area (Å²) in [6.45, 7) is 9.41. The zero-order valence-electron chi connectivity index (χ0n) is 11.5. The van der Waals surface area contributed by atoms with Crippen molar-refractivity contribution in [3.63, 3.8) is 0 Å². The molecule has 0 unspecified atom stereocenters. The predicted molar refractivity (Wildman–Crippen MR) is 74.9 cm³/mol. The highest BCUT2D eigenvalue weighted by molar-refractivity contribution is 7.13. The van der Waals surface area contributed by atoms with Gasteiger partial charge in [0.1, 0.15) is 0 Å². The van der Waals surface area contributed by atoms with Crippen LogP contribution in [0.3, 0.4) is 0 Å². The predicted octanol–water partition coefficient (Wildman–Crippen LogP) is 3.63. The summed E-state index contributed by atoms with van der Waals surface area (Å²) in [5.74, 6) is 2.26. The first-order chi connectivity index (χ1) is 8.63. The summed E-state index contributed by atoms with van der Waals surface area (Å²) in [6, 6.07) is 0. The van der Waals surface area contributed by atoms with Crippen molar-refractivity contribution in [3.05, 3.63) is 17.0 Å². The molecule has 0 bridgehead atoms. The molecule has 2 heterocycles. The van der Waals surface area contributed by atoms with Gasteiger partial charge in [0.05, 0.1) is 16.1 Å². The normalized spacial score (nSPS) is 11.4. The average molecular weight is 264 g/mol. The van der Waals surface area contributed by atoms with Crippen molar-refractivity contribution >= 4 is 11.3 Å². The Morgan fingerprint density at radius 1 is 1.39 bits per heavy atom.